The molecular formula is C29H38N2O3. The average molecular weight is 463 g/mol. The summed E-state index contributed by atoms with van der Waals surface area (Å²) in [5, 5.41) is 4.35. The highest BCUT2D eigenvalue weighted by Crippen LogP contribution is 2.66. The number of oxime groups is 1. The van der Waals surface area contributed by atoms with Crippen LogP contribution in [-0.2, 0) is 16.2 Å². The Hall–Kier alpha value is -2.27. The molecule has 5 heteroatoms. The molecule has 5 nitrogen and oxygen atoms in total. The molecule has 3 saturated carbocycles. The molecule has 6 atom stereocenters. The van der Waals surface area contributed by atoms with Crippen molar-refractivity contribution in [3.05, 3.63) is 47.0 Å². The van der Waals surface area contributed by atoms with Crippen molar-refractivity contribution < 1.29 is 14.4 Å². The normalized spacial score (nSPS) is 37.4. The molecule has 1 aromatic carbocycles. The third-order valence-electron chi connectivity index (χ3n) is 10.2. The minimum Gasteiger partial charge on any atom is -0.326 e. The lowest BCUT2D eigenvalue weighted by Crippen LogP contribution is -2.51. The number of nitrogens with two attached hydrogens (primary N) is 1. The molecular weight excluding hydrogens is 424 g/mol. The number of rotatable bonds is 4. The molecule has 4 aliphatic rings. The van der Waals surface area contributed by atoms with Crippen molar-refractivity contribution in [2.75, 3.05) is 0 Å². The van der Waals surface area contributed by atoms with Crippen LogP contribution in [-0.4, -0.2) is 17.5 Å². The Morgan fingerprint density at radius 1 is 1.06 bits per heavy atom. The predicted octanol–water partition coefficient (Wildman–Crippen LogP) is 5.83. The van der Waals surface area contributed by atoms with Crippen molar-refractivity contribution >= 4 is 17.5 Å². The number of nitrogens with zero attached hydrogens (tertiary/aromatic N) is 1. The Kier molecular flexibility index (Phi) is 6.04. The summed E-state index contributed by atoms with van der Waals surface area (Å²) in [6, 6.07) is 7.19. The Morgan fingerprint density at radius 2 is 1.82 bits per heavy atom. The van der Waals surface area contributed by atoms with Crippen LogP contribution >= 0.6 is 0 Å². The van der Waals surface area contributed by atoms with Gasteiger partial charge in [-0.05, 0) is 104 Å². The first-order valence-electron chi connectivity index (χ1n) is 13.0. The Balaban J connectivity index is 1.30. The molecule has 1 aromatic rings. The lowest BCUT2D eigenvalue weighted by Gasteiger charge is -2.58. The molecule has 0 bridgehead atoms. The molecule has 2 N–H and O–H groups in total. The number of fused-ring (bicyclic) bond motifs is 5. The van der Waals surface area contributed by atoms with Gasteiger partial charge in [-0.2, -0.15) is 0 Å². The molecule has 0 spiro atoms. The maximum atomic E-state index is 12.5. The average Bonchev–Trinajstić information content (AvgIpc) is 3.20. The second kappa shape index (κ2) is 8.75. The first kappa shape index (κ1) is 23.5. The van der Waals surface area contributed by atoms with Crippen LogP contribution in [0.25, 0.3) is 0 Å². The monoisotopic (exact) mass is 462 g/mol. The Bertz CT molecular complexity index is 1040. The summed E-state index contributed by atoms with van der Waals surface area (Å²) in [6.07, 6.45) is 10.7. The standard InChI is InChI=1S/C29H38N2O3/c1-18(31-34-27(33)20-6-4-19(17-30)5-7-20)24-10-11-25-23-9-8-21-16-22(32)12-14-28(21,2)26(23)13-15-29(24,25)3/h4-7,16,23-26H,8-15,17,30H2,1-3H3/t23-,24+,25-,26-,28-,29+/m0/s1. The summed E-state index contributed by atoms with van der Waals surface area (Å²) < 4.78 is 0. The molecule has 0 aliphatic heterocycles. The van der Waals surface area contributed by atoms with Crippen LogP contribution in [0.4, 0.5) is 0 Å². The Labute approximate surface area is 203 Å². The van der Waals surface area contributed by atoms with Gasteiger partial charge in [0.2, 0.25) is 0 Å². The van der Waals surface area contributed by atoms with E-state index in [4.69, 9.17) is 10.6 Å². The molecule has 0 saturated heterocycles. The zero-order valence-corrected chi connectivity index (χ0v) is 20.8. The van der Waals surface area contributed by atoms with Crippen molar-refractivity contribution in [1.29, 1.82) is 0 Å². The van der Waals surface area contributed by atoms with Crippen LogP contribution in [0.15, 0.2) is 41.1 Å². The van der Waals surface area contributed by atoms with Gasteiger partial charge in [0, 0.05) is 18.9 Å². The summed E-state index contributed by atoms with van der Waals surface area (Å²) in [5.74, 6) is 2.34. The molecule has 4 aliphatic carbocycles. The van der Waals surface area contributed by atoms with Crippen molar-refractivity contribution in [2.45, 2.75) is 78.7 Å². The SMILES string of the molecule is CC(=NOC(=O)c1ccc(CN)cc1)[C@H]1CC[C@H]2[C@@H]3CCC4=CC(=O)CC[C@]4(C)[C@H]3CC[C@]12C. The summed E-state index contributed by atoms with van der Waals surface area (Å²) in [6.45, 7) is 7.37. The first-order valence-corrected chi connectivity index (χ1v) is 13.0. The van der Waals surface area contributed by atoms with Gasteiger partial charge in [-0.25, -0.2) is 4.79 Å². The van der Waals surface area contributed by atoms with Gasteiger partial charge in [-0.15, -0.1) is 0 Å². The third-order valence-corrected chi connectivity index (χ3v) is 10.2. The van der Waals surface area contributed by atoms with Crippen molar-refractivity contribution in [2.24, 2.45) is 45.4 Å². The van der Waals surface area contributed by atoms with E-state index in [2.05, 4.69) is 19.0 Å². The zero-order valence-electron chi connectivity index (χ0n) is 20.8. The fourth-order valence-electron chi connectivity index (χ4n) is 8.25. The summed E-state index contributed by atoms with van der Waals surface area (Å²) in [4.78, 5) is 30.0. The van der Waals surface area contributed by atoms with Crippen LogP contribution in [0.3, 0.4) is 0 Å². The van der Waals surface area contributed by atoms with Crippen LogP contribution in [0, 0.1) is 34.5 Å². The van der Waals surface area contributed by atoms with Gasteiger partial charge in [0.15, 0.2) is 5.78 Å². The van der Waals surface area contributed by atoms with E-state index in [1.807, 2.05) is 25.1 Å². The van der Waals surface area contributed by atoms with Crippen LogP contribution in [0.5, 0.6) is 0 Å². The number of ketones is 1. The van der Waals surface area contributed by atoms with Gasteiger partial charge in [0.05, 0.1) is 11.3 Å². The van der Waals surface area contributed by atoms with Crippen molar-refractivity contribution in [3.8, 4) is 0 Å². The molecule has 0 radical (unpaired) electrons. The molecule has 0 unspecified atom stereocenters. The van der Waals surface area contributed by atoms with Gasteiger partial charge in [-0.3, -0.25) is 4.79 Å². The lowest BCUT2D eigenvalue weighted by atomic mass is 9.46. The highest BCUT2D eigenvalue weighted by molar-refractivity contribution is 5.92. The van der Waals surface area contributed by atoms with Crippen LogP contribution in [0.1, 0.15) is 88.1 Å². The first-order chi connectivity index (χ1) is 16.3. The number of benzene rings is 1. The molecule has 3 fully saturated rings. The summed E-state index contributed by atoms with van der Waals surface area (Å²) >= 11 is 0. The largest absolute Gasteiger partial charge is 0.365 e. The minimum atomic E-state index is -0.419. The third kappa shape index (κ3) is 3.77. The molecule has 0 heterocycles. The van der Waals surface area contributed by atoms with Gasteiger partial charge >= 0.3 is 5.97 Å². The molecule has 0 amide bonds. The molecule has 5 rings (SSSR count). The Morgan fingerprint density at radius 3 is 2.56 bits per heavy atom. The van der Waals surface area contributed by atoms with E-state index < -0.39 is 5.97 Å². The highest BCUT2D eigenvalue weighted by atomic mass is 16.7. The molecule has 182 valence electrons. The molecule has 0 aromatic heterocycles. The molecule has 34 heavy (non-hydrogen) atoms. The van der Waals surface area contributed by atoms with E-state index in [-0.39, 0.29) is 10.8 Å². The summed E-state index contributed by atoms with van der Waals surface area (Å²) in [7, 11) is 0. The van der Waals surface area contributed by atoms with E-state index in [1.165, 1.54) is 31.3 Å². The predicted molar refractivity (Wildman–Crippen MR) is 133 cm³/mol. The number of allylic oxidation sites excluding steroid dienone is 1. The maximum Gasteiger partial charge on any atom is 0.365 e. The lowest BCUT2D eigenvalue weighted by molar-refractivity contribution is -0.117. The van der Waals surface area contributed by atoms with E-state index in [9.17, 15) is 9.59 Å². The van der Waals surface area contributed by atoms with Gasteiger partial charge in [0.1, 0.15) is 0 Å². The fraction of sp³-hybridized carbons (Fsp3) is 0.621. The second-order valence-corrected chi connectivity index (χ2v) is 11.7. The number of hydrogen-bond acceptors (Lipinski definition) is 5. The minimum absolute atomic E-state index is 0.200. The van der Waals surface area contributed by atoms with E-state index >= 15 is 0 Å². The second-order valence-electron chi connectivity index (χ2n) is 11.7. The van der Waals surface area contributed by atoms with E-state index in [1.54, 1.807) is 12.1 Å². The van der Waals surface area contributed by atoms with Gasteiger partial charge < -0.3 is 10.6 Å². The zero-order chi connectivity index (χ0) is 24.1. The smallest absolute Gasteiger partial charge is 0.326 e. The van der Waals surface area contributed by atoms with Crippen molar-refractivity contribution in [3.63, 3.8) is 0 Å². The highest BCUT2D eigenvalue weighted by Gasteiger charge is 2.59. The maximum absolute atomic E-state index is 12.5. The topological polar surface area (TPSA) is 81.8 Å². The van der Waals surface area contributed by atoms with Crippen LogP contribution in [0.2, 0.25) is 0 Å². The summed E-state index contributed by atoms with van der Waals surface area (Å²) in [5.41, 5.74) is 9.89. The van der Waals surface area contributed by atoms with E-state index in [0.29, 0.717) is 42.1 Å². The van der Waals surface area contributed by atoms with E-state index in [0.717, 1.165) is 36.5 Å². The van der Waals surface area contributed by atoms with Gasteiger partial charge in [-0.1, -0.05) is 36.7 Å². The number of hydrogen-bond donors (Lipinski definition) is 1. The van der Waals surface area contributed by atoms with Gasteiger partial charge in [0.25, 0.3) is 0 Å². The number of carbonyl (C=O) groups is 2. The quantitative estimate of drug-likeness (QED) is 0.347. The number of carbonyl (C=O) groups excluding carboxylic acids is 2. The van der Waals surface area contributed by atoms with Crippen molar-refractivity contribution in [1.82, 2.24) is 0 Å². The van der Waals surface area contributed by atoms with Crippen LogP contribution < -0.4 is 5.73 Å². The fourth-order valence-corrected chi connectivity index (χ4v) is 8.25.